The Kier molecular flexibility index (Phi) is 5.85. The number of aromatic nitrogens is 4. The van der Waals surface area contributed by atoms with E-state index in [-0.39, 0.29) is 17.5 Å². The smallest absolute Gasteiger partial charge is 0.231 e. The first kappa shape index (κ1) is 20.2. The van der Waals surface area contributed by atoms with Gasteiger partial charge in [0, 0.05) is 26.0 Å². The van der Waals surface area contributed by atoms with Gasteiger partial charge in [0.05, 0.1) is 16.8 Å². The Bertz CT molecular complexity index is 1170. The molecule has 1 amide bonds. The van der Waals surface area contributed by atoms with Crippen LogP contribution in [0.5, 0.6) is 0 Å². The molecular formula is C22H22FN5OS. The number of fused-ring (bicyclic) bond motifs is 1. The number of nitrogens with zero attached hydrogens (tertiary/aromatic N) is 4. The van der Waals surface area contributed by atoms with Gasteiger partial charge in [0.1, 0.15) is 17.7 Å². The van der Waals surface area contributed by atoms with Crippen LogP contribution in [-0.4, -0.2) is 30.8 Å². The fourth-order valence-corrected chi connectivity index (χ4v) is 4.30. The second-order valence-corrected chi connectivity index (χ2v) is 7.81. The van der Waals surface area contributed by atoms with Crippen molar-refractivity contribution >= 4 is 28.7 Å². The molecule has 0 aliphatic rings. The Balaban J connectivity index is 1.52. The van der Waals surface area contributed by atoms with Crippen LogP contribution in [0.3, 0.4) is 0 Å². The lowest BCUT2D eigenvalue weighted by molar-refractivity contribution is -0.119. The number of amides is 1. The molecule has 6 nitrogen and oxygen atoms in total. The van der Waals surface area contributed by atoms with Crippen molar-refractivity contribution in [2.75, 3.05) is 5.75 Å². The van der Waals surface area contributed by atoms with Crippen molar-refractivity contribution in [3.8, 4) is 0 Å². The van der Waals surface area contributed by atoms with Gasteiger partial charge in [0.2, 0.25) is 5.91 Å². The molecule has 0 saturated carbocycles. The summed E-state index contributed by atoms with van der Waals surface area (Å²) in [7, 11) is 1.86. The van der Waals surface area contributed by atoms with E-state index in [1.54, 1.807) is 18.3 Å². The quantitative estimate of drug-likeness (QED) is 0.458. The van der Waals surface area contributed by atoms with Crippen molar-refractivity contribution in [1.82, 2.24) is 24.4 Å². The summed E-state index contributed by atoms with van der Waals surface area (Å²) in [6.45, 7) is 2.83. The molecule has 0 fully saturated rings. The fraction of sp³-hybridized carbons (Fsp3) is 0.227. The lowest BCUT2D eigenvalue weighted by Gasteiger charge is -2.19. The molecule has 2 aromatic carbocycles. The third-order valence-corrected chi connectivity index (χ3v) is 5.87. The predicted molar refractivity (Wildman–Crippen MR) is 116 cm³/mol. The maximum Gasteiger partial charge on any atom is 0.231 e. The summed E-state index contributed by atoms with van der Waals surface area (Å²) in [5.41, 5.74) is 2.74. The van der Waals surface area contributed by atoms with Crippen molar-refractivity contribution in [2.45, 2.75) is 24.7 Å². The van der Waals surface area contributed by atoms with Crippen LogP contribution in [0.2, 0.25) is 0 Å². The van der Waals surface area contributed by atoms with Gasteiger partial charge in [-0.2, -0.15) is 0 Å². The van der Waals surface area contributed by atoms with Gasteiger partial charge in [0.25, 0.3) is 0 Å². The van der Waals surface area contributed by atoms with E-state index in [1.807, 2.05) is 42.1 Å². The van der Waals surface area contributed by atoms with Gasteiger partial charge in [0.15, 0.2) is 5.16 Å². The van der Waals surface area contributed by atoms with Gasteiger partial charge in [-0.1, -0.05) is 36.0 Å². The summed E-state index contributed by atoms with van der Waals surface area (Å²) in [5.74, 6) is 0.427. The molecule has 0 aliphatic heterocycles. The Morgan fingerprint density at radius 2 is 1.97 bits per heavy atom. The summed E-state index contributed by atoms with van der Waals surface area (Å²) >= 11 is 1.40. The molecule has 4 rings (SSSR count). The molecule has 8 heteroatoms. The molecular weight excluding hydrogens is 401 g/mol. The monoisotopic (exact) mass is 423 g/mol. The third kappa shape index (κ3) is 4.09. The zero-order valence-electron chi connectivity index (χ0n) is 16.7. The van der Waals surface area contributed by atoms with E-state index in [0.717, 1.165) is 28.3 Å². The van der Waals surface area contributed by atoms with Crippen LogP contribution in [0.1, 0.15) is 24.4 Å². The Morgan fingerprint density at radius 3 is 2.67 bits per heavy atom. The lowest BCUT2D eigenvalue weighted by Crippen LogP contribution is -2.32. The average molecular weight is 424 g/mol. The number of hydrogen-bond acceptors (Lipinski definition) is 4. The molecule has 0 bridgehead atoms. The Morgan fingerprint density at radius 1 is 1.20 bits per heavy atom. The van der Waals surface area contributed by atoms with Gasteiger partial charge >= 0.3 is 0 Å². The molecule has 0 radical (unpaired) electrons. The van der Waals surface area contributed by atoms with Crippen molar-refractivity contribution in [3.63, 3.8) is 0 Å². The maximum atomic E-state index is 13.4. The highest BCUT2D eigenvalue weighted by Gasteiger charge is 2.21. The fourth-order valence-electron chi connectivity index (χ4n) is 3.41. The number of carbonyl (C=O) groups excluding carboxylic acids is 1. The molecule has 154 valence electrons. The second-order valence-electron chi connectivity index (χ2n) is 6.86. The van der Waals surface area contributed by atoms with Gasteiger partial charge in [-0.3, -0.25) is 4.79 Å². The van der Waals surface area contributed by atoms with E-state index in [0.29, 0.717) is 5.82 Å². The molecule has 0 aliphatic carbocycles. The highest BCUT2D eigenvalue weighted by molar-refractivity contribution is 7.99. The number of benzene rings is 2. The second kappa shape index (κ2) is 8.71. The highest BCUT2D eigenvalue weighted by atomic mass is 32.2. The van der Waals surface area contributed by atoms with Crippen LogP contribution in [0.15, 0.2) is 66.1 Å². The van der Waals surface area contributed by atoms with Gasteiger partial charge < -0.3 is 14.5 Å². The molecule has 1 atom stereocenters. The minimum atomic E-state index is -0.469. The topological polar surface area (TPSA) is 64.7 Å². The van der Waals surface area contributed by atoms with Crippen LogP contribution in [-0.2, 0) is 18.4 Å². The van der Waals surface area contributed by atoms with E-state index in [4.69, 9.17) is 0 Å². The van der Waals surface area contributed by atoms with Crippen LogP contribution in [0.25, 0.3) is 11.0 Å². The summed E-state index contributed by atoms with van der Waals surface area (Å²) in [6.07, 6.45) is 3.49. The van der Waals surface area contributed by atoms with Crippen LogP contribution >= 0.6 is 11.8 Å². The van der Waals surface area contributed by atoms with Crippen LogP contribution in [0, 0.1) is 5.82 Å². The SMILES string of the molecule is CCn1c(SCC(=O)NC(c2ccc(F)cc2)c2nccn2C)nc2ccccc21. The molecule has 2 aromatic heterocycles. The van der Waals surface area contributed by atoms with Crippen LogP contribution in [0.4, 0.5) is 4.39 Å². The number of rotatable bonds is 7. The number of carbonyl (C=O) groups is 1. The molecule has 4 aromatic rings. The standard InChI is InChI=1S/C22H22FN5OS/c1-3-28-18-7-5-4-6-17(18)25-22(28)30-14-19(29)26-20(21-24-12-13-27(21)2)15-8-10-16(23)11-9-15/h4-13,20H,3,14H2,1-2H3,(H,26,29). The van der Waals surface area contributed by atoms with E-state index in [9.17, 15) is 9.18 Å². The Labute approximate surface area is 178 Å². The number of imidazole rings is 2. The van der Waals surface area contributed by atoms with Crippen molar-refractivity contribution < 1.29 is 9.18 Å². The van der Waals surface area contributed by atoms with E-state index in [2.05, 4.69) is 26.8 Å². The molecule has 0 spiro atoms. The number of halogens is 1. The molecule has 1 N–H and O–H groups in total. The third-order valence-electron chi connectivity index (χ3n) is 4.89. The van der Waals surface area contributed by atoms with Gasteiger partial charge in [-0.15, -0.1) is 0 Å². The largest absolute Gasteiger partial charge is 0.341 e. The predicted octanol–water partition coefficient (Wildman–Crippen LogP) is 3.93. The minimum Gasteiger partial charge on any atom is -0.341 e. The number of nitrogens with one attached hydrogen (secondary N) is 1. The number of thioether (sulfide) groups is 1. The number of hydrogen-bond donors (Lipinski definition) is 1. The lowest BCUT2D eigenvalue weighted by atomic mass is 10.1. The summed E-state index contributed by atoms with van der Waals surface area (Å²) in [4.78, 5) is 21.8. The van der Waals surface area contributed by atoms with E-state index >= 15 is 0 Å². The molecule has 2 heterocycles. The average Bonchev–Trinajstić information content (AvgIpc) is 3.34. The Hall–Kier alpha value is -3.13. The van der Waals surface area contributed by atoms with Crippen molar-refractivity contribution in [3.05, 3.63) is 78.1 Å². The zero-order chi connectivity index (χ0) is 21.1. The zero-order valence-corrected chi connectivity index (χ0v) is 17.6. The first-order valence-electron chi connectivity index (χ1n) is 9.67. The van der Waals surface area contributed by atoms with E-state index < -0.39 is 6.04 Å². The van der Waals surface area contributed by atoms with Crippen molar-refractivity contribution in [1.29, 1.82) is 0 Å². The number of para-hydroxylation sites is 2. The van der Waals surface area contributed by atoms with Gasteiger partial charge in [-0.25, -0.2) is 14.4 Å². The highest BCUT2D eigenvalue weighted by Crippen LogP contribution is 2.25. The number of aryl methyl sites for hydroxylation is 2. The summed E-state index contributed by atoms with van der Waals surface area (Å²) in [5, 5.41) is 3.84. The molecule has 1 unspecified atom stereocenters. The molecule has 30 heavy (non-hydrogen) atoms. The minimum absolute atomic E-state index is 0.146. The first-order valence-corrected chi connectivity index (χ1v) is 10.7. The first-order chi connectivity index (χ1) is 14.6. The molecule has 0 saturated heterocycles. The van der Waals surface area contributed by atoms with E-state index in [1.165, 1.54) is 23.9 Å². The summed E-state index contributed by atoms with van der Waals surface area (Å²) in [6, 6.07) is 13.6. The van der Waals surface area contributed by atoms with Gasteiger partial charge in [-0.05, 0) is 36.8 Å². The summed E-state index contributed by atoms with van der Waals surface area (Å²) < 4.78 is 17.3. The van der Waals surface area contributed by atoms with Crippen molar-refractivity contribution in [2.24, 2.45) is 7.05 Å². The maximum absolute atomic E-state index is 13.4. The van der Waals surface area contributed by atoms with Crippen LogP contribution < -0.4 is 5.32 Å². The normalized spacial score (nSPS) is 12.2.